The number of aliphatic hydroxyl groups excluding tert-OH is 1. The van der Waals surface area contributed by atoms with Gasteiger partial charge in [0.25, 0.3) is 0 Å². The number of para-hydroxylation sites is 1. The molecule has 26 heavy (non-hydrogen) atoms. The number of hydrogen-bond donors (Lipinski definition) is 1. The number of rotatable bonds is 2. The normalized spacial score (nSPS) is 23.8. The molecule has 5 nitrogen and oxygen atoms in total. The second-order valence-corrected chi connectivity index (χ2v) is 7.51. The van der Waals surface area contributed by atoms with Gasteiger partial charge in [-0.15, -0.1) is 5.10 Å². The third-order valence-electron chi connectivity index (χ3n) is 4.74. The van der Waals surface area contributed by atoms with E-state index in [-0.39, 0.29) is 0 Å². The Hall–Kier alpha value is -2.24. The molecule has 0 radical (unpaired) electrons. The first-order valence-corrected chi connectivity index (χ1v) is 9.05. The zero-order valence-corrected chi connectivity index (χ0v) is 15.5. The van der Waals surface area contributed by atoms with Gasteiger partial charge in [-0.05, 0) is 44.2 Å². The highest BCUT2D eigenvalue weighted by molar-refractivity contribution is 6.30. The number of fused-ring (bicyclic) bond motifs is 1. The van der Waals surface area contributed by atoms with E-state index < -0.39 is 17.8 Å². The van der Waals surface area contributed by atoms with Gasteiger partial charge in [0.1, 0.15) is 17.5 Å². The van der Waals surface area contributed by atoms with Crippen LogP contribution in [0.2, 0.25) is 5.02 Å². The third-order valence-corrected chi connectivity index (χ3v) is 4.97. The van der Waals surface area contributed by atoms with Gasteiger partial charge in [-0.3, -0.25) is 5.01 Å². The molecule has 0 aliphatic carbocycles. The van der Waals surface area contributed by atoms with Crippen LogP contribution in [0.25, 0.3) is 0 Å². The highest BCUT2D eigenvalue weighted by Crippen LogP contribution is 2.43. The van der Waals surface area contributed by atoms with Crippen molar-refractivity contribution in [3.63, 3.8) is 0 Å². The van der Waals surface area contributed by atoms with Gasteiger partial charge < -0.3 is 14.6 Å². The Morgan fingerprint density at radius 1 is 1.23 bits per heavy atom. The van der Waals surface area contributed by atoms with E-state index in [4.69, 9.17) is 21.1 Å². The SMILES string of the molecule is CC1(C)Oc2ccc(Cl)cc2[C@@H](OC2=NN(c3ccccc3)CC2)[C@@H]1O. The lowest BCUT2D eigenvalue weighted by Crippen LogP contribution is -2.49. The van der Waals surface area contributed by atoms with Crippen LogP contribution >= 0.6 is 11.6 Å². The highest BCUT2D eigenvalue weighted by Gasteiger charge is 2.45. The molecule has 2 aromatic rings. The first kappa shape index (κ1) is 17.2. The maximum Gasteiger partial charge on any atom is 0.208 e. The zero-order valence-electron chi connectivity index (χ0n) is 14.7. The van der Waals surface area contributed by atoms with Crippen LogP contribution < -0.4 is 9.75 Å². The predicted molar refractivity (Wildman–Crippen MR) is 102 cm³/mol. The van der Waals surface area contributed by atoms with E-state index in [1.807, 2.05) is 55.3 Å². The summed E-state index contributed by atoms with van der Waals surface area (Å²) in [6.45, 7) is 4.43. The average Bonchev–Trinajstić information content (AvgIpc) is 3.09. The number of benzene rings is 2. The molecule has 0 amide bonds. The molecule has 0 bridgehead atoms. The molecule has 2 aliphatic heterocycles. The van der Waals surface area contributed by atoms with Crippen LogP contribution in [0.5, 0.6) is 5.75 Å². The fourth-order valence-corrected chi connectivity index (χ4v) is 3.47. The van der Waals surface area contributed by atoms with Crippen LogP contribution in [-0.4, -0.2) is 29.3 Å². The maximum absolute atomic E-state index is 10.8. The van der Waals surface area contributed by atoms with Gasteiger partial charge >= 0.3 is 0 Å². The second-order valence-electron chi connectivity index (χ2n) is 7.07. The minimum Gasteiger partial charge on any atom is -0.485 e. The molecule has 0 unspecified atom stereocenters. The predicted octanol–water partition coefficient (Wildman–Crippen LogP) is 4.15. The first-order valence-electron chi connectivity index (χ1n) is 8.67. The van der Waals surface area contributed by atoms with E-state index in [0.717, 1.165) is 17.8 Å². The molecular weight excluding hydrogens is 352 g/mol. The van der Waals surface area contributed by atoms with Crippen molar-refractivity contribution in [2.24, 2.45) is 5.10 Å². The Morgan fingerprint density at radius 3 is 2.77 bits per heavy atom. The Kier molecular flexibility index (Phi) is 4.29. The lowest BCUT2D eigenvalue weighted by molar-refractivity contribution is -0.107. The highest BCUT2D eigenvalue weighted by atomic mass is 35.5. The van der Waals surface area contributed by atoms with Crippen LogP contribution in [0.3, 0.4) is 0 Å². The molecule has 2 heterocycles. The van der Waals surface area contributed by atoms with Crippen LogP contribution in [0.1, 0.15) is 31.9 Å². The van der Waals surface area contributed by atoms with Gasteiger partial charge in [0.2, 0.25) is 5.90 Å². The summed E-state index contributed by atoms with van der Waals surface area (Å²) in [6.07, 6.45) is -0.751. The molecule has 2 aromatic carbocycles. The van der Waals surface area contributed by atoms with Gasteiger partial charge in [-0.2, -0.15) is 0 Å². The molecule has 6 heteroatoms. The van der Waals surface area contributed by atoms with E-state index in [1.54, 1.807) is 12.1 Å². The molecule has 0 aromatic heterocycles. The summed E-state index contributed by atoms with van der Waals surface area (Å²) in [6, 6.07) is 15.3. The average molecular weight is 373 g/mol. The molecule has 0 fully saturated rings. The largest absolute Gasteiger partial charge is 0.485 e. The fraction of sp³-hybridized carbons (Fsp3) is 0.350. The van der Waals surface area contributed by atoms with Gasteiger partial charge in [-0.25, -0.2) is 0 Å². The van der Waals surface area contributed by atoms with Crippen molar-refractivity contribution in [3.05, 3.63) is 59.1 Å². The molecule has 136 valence electrons. The van der Waals surface area contributed by atoms with Crippen molar-refractivity contribution < 1.29 is 14.6 Å². The summed E-state index contributed by atoms with van der Waals surface area (Å²) in [5, 5.41) is 17.9. The van der Waals surface area contributed by atoms with Gasteiger partial charge in [-0.1, -0.05) is 29.8 Å². The van der Waals surface area contributed by atoms with Crippen molar-refractivity contribution in [1.29, 1.82) is 0 Å². The summed E-state index contributed by atoms with van der Waals surface area (Å²) in [7, 11) is 0. The molecule has 2 atom stereocenters. The van der Waals surface area contributed by atoms with Crippen molar-refractivity contribution >= 4 is 23.2 Å². The van der Waals surface area contributed by atoms with Crippen molar-refractivity contribution in [3.8, 4) is 5.75 Å². The van der Waals surface area contributed by atoms with Gasteiger partial charge in [0.15, 0.2) is 6.10 Å². The Morgan fingerprint density at radius 2 is 2.00 bits per heavy atom. The summed E-state index contributed by atoms with van der Waals surface area (Å²) in [5.74, 6) is 1.27. The Labute approximate surface area is 157 Å². The molecule has 0 spiro atoms. The number of hydrazone groups is 1. The van der Waals surface area contributed by atoms with E-state index in [1.165, 1.54) is 0 Å². The van der Waals surface area contributed by atoms with Gasteiger partial charge in [0.05, 0.1) is 12.2 Å². The topological polar surface area (TPSA) is 54.3 Å². The summed E-state index contributed by atoms with van der Waals surface area (Å²) >= 11 is 6.15. The summed E-state index contributed by atoms with van der Waals surface area (Å²) in [4.78, 5) is 0. The standard InChI is InChI=1S/C20H21ClN2O3/c1-20(2)19(24)18(15-12-13(21)8-9-16(15)26-20)25-17-10-11-23(22-17)14-6-4-3-5-7-14/h3-9,12,18-19,24H,10-11H2,1-2H3/t18-,19+/m1/s1. The lowest BCUT2D eigenvalue weighted by Gasteiger charge is -2.41. The fourth-order valence-electron chi connectivity index (χ4n) is 3.29. The van der Waals surface area contributed by atoms with Crippen molar-refractivity contribution in [2.45, 2.75) is 38.1 Å². The minimum absolute atomic E-state index is 0.576. The number of nitrogens with zero attached hydrogens (tertiary/aromatic N) is 2. The smallest absolute Gasteiger partial charge is 0.208 e. The Balaban J connectivity index is 1.62. The monoisotopic (exact) mass is 372 g/mol. The minimum atomic E-state index is -0.845. The maximum atomic E-state index is 10.8. The summed E-state index contributed by atoms with van der Waals surface area (Å²) < 4.78 is 12.1. The second kappa shape index (κ2) is 6.49. The number of anilines is 1. The molecule has 2 aliphatic rings. The van der Waals surface area contributed by atoms with Crippen LogP contribution in [0.4, 0.5) is 5.69 Å². The quantitative estimate of drug-likeness (QED) is 0.860. The third kappa shape index (κ3) is 3.13. The van der Waals surface area contributed by atoms with Gasteiger partial charge in [0, 0.05) is 17.0 Å². The number of aliphatic hydroxyl groups is 1. The van der Waals surface area contributed by atoms with E-state index >= 15 is 0 Å². The van der Waals surface area contributed by atoms with E-state index in [0.29, 0.717) is 23.1 Å². The van der Waals surface area contributed by atoms with Crippen LogP contribution in [0, 0.1) is 0 Å². The van der Waals surface area contributed by atoms with Crippen LogP contribution in [0.15, 0.2) is 53.6 Å². The number of hydrogen-bond acceptors (Lipinski definition) is 5. The Bertz CT molecular complexity index is 838. The summed E-state index contributed by atoms with van der Waals surface area (Å²) in [5.41, 5.74) is 0.983. The number of halogens is 1. The first-order chi connectivity index (χ1) is 12.4. The molecule has 1 N–H and O–H groups in total. The molecule has 0 saturated heterocycles. The van der Waals surface area contributed by atoms with Crippen LogP contribution in [-0.2, 0) is 4.74 Å². The van der Waals surface area contributed by atoms with E-state index in [2.05, 4.69) is 5.10 Å². The van der Waals surface area contributed by atoms with Crippen molar-refractivity contribution in [1.82, 2.24) is 0 Å². The molecule has 0 saturated carbocycles. The molecular formula is C20H21ClN2O3. The zero-order chi connectivity index (χ0) is 18.3. The number of ether oxygens (including phenoxy) is 2. The molecule has 4 rings (SSSR count). The lowest BCUT2D eigenvalue weighted by atomic mass is 9.88. The van der Waals surface area contributed by atoms with E-state index in [9.17, 15) is 5.11 Å². The van der Waals surface area contributed by atoms with Crippen molar-refractivity contribution in [2.75, 3.05) is 11.6 Å².